The summed E-state index contributed by atoms with van der Waals surface area (Å²) in [7, 11) is 1.85. The highest BCUT2D eigenvalue weighted by molar-refractivity contribution is 5.86. The molecule has 0 unspecified atom stereocenters. The summed E-state index contributed by atoms with van der Waals surface area (Å²) < 4.78 is 17.1. The summed E-state index contributed by atoms with van der Waals surface area (Å²) in [6.45, 7) is 0.676. The van der Waals surface area contributed by atoms with Gasteiger partial charge in [-0.25, -0.2) is 8.97 Å². The quantitative estimate of drug-likeness (QED) is 0.823. The molecule has 4 heterocycles. The molecule has 1 N–H and O–H groups in total. The van der Waals surface area contributed by atoms with Crippen molar-refractivity contribution in [3.8, 4) is 0 Å². The van der Waals surface area contributed by atoms with E-state index >= 15 is 0 Å². The van der Waals surface area contributed by atoms with Gasteiger partial charge in [0.05, 0.1) is 42.2 Å². The van der Waals surface area contributed by atoms with E-state index in [1.807, 2.05) is 30.4 Å². The van der Waals surface area contributed by atoms with Gasteiger partial charge in [-0.15, -0.1) is 0 Å². The average molecular weight is 370 g/mol. The number of halogens is 1. The van der Waals surface area contributed by atoms with Crippen molar-refractivity contribution in [1.82, 2.24) is 24.6 Å². The van der Waals surface area contributed by atoms with E-state index in [9.17, 15) is 9.18 Å². The van der Waals surface area contributed by atoms with Crippen LogP contribution in [0.5, 0.6) is 0 Å². The fourth-order valence-electron chi connectivity index (χ4n) is 4.04. The van der Waals surface area contributed by atoms with Crippen LogP contribution in [0.1, 0.15) is 19.3 Å². The maximum absolute atomic E-state index is 13.3. The zero-order valence-corrected chi connectivity index (χ0v) is 15.0. The second-order valence-electron chi connectivity index (χ2n) is 7.47. The van der Waals surface area contributed by atoms with E-state index in [1.165, 1.54) is 0 Å². The van der Waals surface area contributed by atoms with Crippen LogP contribution in [-0.2, 0) is 11.8 Å². The molecular weight excluding hydrogens is 349 g/mol. The Morgan fingerprint density at radius 1 is 1.41 bits per heavy atom. The Morgan fingerprint density at radius 2 is 2.26 bits per heavy atom. The van der Waals surface area contributed by atoms with E-state index in [0.717, 1.165) is 24.3 Å². The number of rotatable bonds is 4. The first-order chi connectivity index (χ1) is 13.1. The Kier molecular flexibility index (Phi) is 3.70. The Hall–Kier alpha value is -2.84. The zero-order valence-electron chi connectivity index (χ0n) is 15.0. The molecule has 27 heavy (non-hydrogen) atoms. The lowest BCUT2D eigenvalue weighted by Crippen LogP contribution is -2.50. The normalized spacial score (nSPS) is 28.8. The SMILES string of the molecule is Cn1cc(Nc2nccc([N+]3=C[C@H]4CC[C@@H](C3)N4C(=O)[C@H]3C[C@@H]3F)n2)cn1. The summed E-state index contributed by atoms with van der Waals surface area (Å²) in [5, 5.41) is 7.27. The lowest BCUT2D eigenvalue weighted by molar-refractivity contribution is -0.454. The molecule has 1 saturated carbocycles. The fourth-order valence-corrected chi connectivity index (χ4v) is 4.04. The summed E-state index contributed by atoms with van der Waals surface area (Å²) in [6.07, 6.45) is 8.62. The molecule has 0 spiro atoms. The van der Waals surface area contributed by atoms with Crippen LogP contribution in [0, 0.1) is 5.92 Å². The van der Waals surface area contributed by atoms with Gasteiger partial charge in [-0.1, -0.05) is 0 Å². The Bertz CT molecular complexity index is 926. The molecule has 1 saturated heterocycles. The Balaban J connectivity index is 1.36. The third-order valence-electron chi connectivity index (χ3n) is 5.49. The average Bonchev–Trinajstić information content (AvgIpc) is 3.16. The molecule has 9 heteroatoms. The smallest absolute Gasteiger partial charge is 0.325 e. The van der Waals surface area contributed by atoms with Crippen molar-refractivity contribution in [2.24, 2.45) is 13.0 Å². The predicted octanol–water partition coefficient (Wildman–Crippen LogP) is 1.40. The molecular formula is C18H21FN7O+. The standard InChI is InChI=1S/C18H21FN7O/c1-24-8-11(7-21-24)22-18-20-5-4-16(23-18)25-9-12-2-3-13(10-25)26(12)17(27)14-6-15(14)19/h4-5,7-9,12-15H,2-3,6,10H2,1H3,(H,20,22,23)/q+1/t12-,13+,14+,15+/m1/s1. The van der Waals surface area contributed by atoms with E-state index < -0.39 is 12.1 Å². The first-order valence-electron chi connectivity index (χ1n) is 9.25. The molecule has 2 aliphatic heterocycles. The van der Waals surface area contributed by atoms with Crippen molar-refractivity contribution < 1.29 is 13.8 Å². The highest BCUT2D eigenvalue weighted by Crippen LogP contribution is 2.39. The number of aromatic nitrogens is 4. The number of carbonyl (C=O) groups excluding carboxylic acids is 1. The minimum atomic E-state index is -0.946. The zero-order chi connectivity index (χ0) is 18.5. The van der Waals surface area contributed by atoms with Gasteiger partial charge in [0.15, 0.2) is 0 Å². The molecule has 2 aromatic rings. The van der Waals surface area contributed by atoms with Crippen molar-refractivity contribution in [1.29, 1.82) is 0 Å². The summed E-state index contributed by atoms with van der Waals surface area (Å²) in [5.74, 6) is 0.850. The van der Waals surface area contributed by atoms with Crippen molar-refractivity contribution in [3.05, 3.63) is 24.7 Å². The van der Waals surface area contributed by atoms with Crippen LogP contribution in [0.25, 0.3) is 0 Å². The predicted molar refractivity (Wildman–Crippen MR) is 96.0 cm³/mol. The number of aryl methyl sites for hydroxylation is 1. The monoisotopic (exact) mass is 370 g/mol. The molecule has 1 aliphatic carbocycles. The highest BCUT2D eigenvalue weighted by atomic mass is 19.1. The Labute approximate surface area is 155 Å². The van der Waals surface area contributed by atoms with E-state index in [0.29, 0.717) is 18.9 Å². The van der Waals surface area contributed by atoms with Crippen molar-refractivity contribution in [2.75, 3.05) is 11.9 Å². The second-order valence-corrected chi connectivity index (χ2v) is 7.47. The van der Waals surface area contributed by atoms with Crippen LogP contribution < -0.4 is 5.32 Å². The van der Waals surface area contributed by atoms with Crippen LogP contribution in [-0.4, -0.2) is 66.1 Å². The second kappa shape index (κ2) is 6.11. The highest BCUT2D eigenvalue weighted by Gasteiger charge is 2.51. The number of hydrogen-bond acceptors (Lipinski definition) is 5. The van der Waals surface area contributed by atoms with Crippen molar-refractivity contribution >= 4 is 29.6 Å². The number of carbonyl (C=O) groups is 1. The third-order valence-corrected chi connectivity index (χ3v) is 5.49. The summed E-state index contributed by atoms with van der Waals surface area (Å²) in [6, 6.07) is 2.00. The van der Waals surface area contributed by atoms with Gasteiger partial charge in [0.25, 0.3) is 0 Å². The summed E-state index contributed by atoms with van der Waals surface area (Å²) in [5.41, 5.74) is 0.819. The van der Waals surface area contributed by atoms with Gasteiger partial charge in [-0.2, -0.15) is 10.1 Å². The minimum Gasteiger partial charge on any atom is -0.325 e. The number of hydrogen-bond donors (Lipinski definition) is 1. The van der Waals surface area contributed by atoms with E-state index in [1.54, 1.807) is 17.1 Å². The molecule has 4 atom stereocenters. The van der Waals surface area contributed by atoms with E-state index in [2.05, 4.69) is 25.0 Å². The van der Waals surface area contributed by atoms with Crippen LogP contribution in [0.15, 0.2) is 24.7 Å². The van der Waals surface area contributed by atoms with Gasteiger partial charge < -0.3 is 4.90 Å². The van der Waals surface area contributed by atoms with Crippen LogP contribution in [0.3, 0.4) is 0 Å². The molecule has 0 radical (unpaired) electrons. The lowest BCUT2D eigenvalue weighted by Gasteiger charge is -2.32. The maximum atomic E-state index is 13.3. The van der Waals surface area contributed by atoms with Crippen LogP contribution in [0.2, 0.25) is 0 Å². The fraction of sp³-hybridized carbons (Fsp3) is 0.500. The van der Waals surface area contributed by atoms with Gasteiger partial charge in [-0.05, 0) is 24.2 Å². The topological polar surface area (TPSA) is 79.0 Å². The number of anilines is 2. The van der Waals surface area contributed by atoms with Gasteiger partial charge in [-0.3, -0.25) is 14.8 Å². The first kappa shape index (κ1) is 16.3. The number of nitrogens with zero attached hydrogens (tertiary/aromatic N) is 6. The largest absolute Gasteiger partial charge is 0.343 e. The number of fused-ring (bicyclic) bond motifs is 2. The lowest BCUT2D eigenvalue weighted by atomic mass is 10.2. The summed E-state index contributed by atoms with van der Waals surface area (Å²) in [4.78, 5) is 23.3. The van der Waals surface area contributed by atoms with Gasteiger partial charge in [0.1, 0.15) is 12.7 Å². The van der Waals surface area contributed by atoms with Gasteiger partial charge >= 0.3 is 11.8 Å². The molecule has 2 fully saturated rings. The van der Waals surface area contributed by atoms with E-state index in [4.69, 9.17) is 0 Å². The summed E-state index contributed by atoms with van der Waals surface area (Å²) >= 11 is 0. The molecule has 1 amide bonds. The molecule has 2 bridgehead atoms. The van der Waals surface area contributed by atoms with Crippen molar-refractivity contribution in [2.45, 2.75) is 37.5 Å². The van der Waals surface area contributed by atoms with E-state index in [-0.39, 0.29) is 18.0 Å². The number of nitrogens with one attached hydrogen (secondary N) is 1. The molecule has 3 aliphatic rings. The molecule has 5 rings (SSSR count). The molecule has 2 aromatic heterocycles. The number of alkyl halides is 1. The Morgan fingerprint density at radius 3 is 2.96 bits per heavy atom. The van der Waals surface area contributed by atoms with Crippen molar-refractivity contribution in [3.63, 3.8) is 0 Å². The van der Waals surface area contributed by atoms with Gasteiger partial charge in [0.2, 0.25) is 5.91 Å². The van der Waals surface area contributed by atoms with Crippen LogP contribution >= 0.6 is 0 Å². The minimum absolute atomic E-state index is 0.0208. The maximum Gasteiger partial charge on any atom is 0.343 e. The van der Waals surface area contributed by atoms with Gasteiger partial charge in [0, 0.05) is 19.4 Å². The molecule has 0 aromatic carbocycles. The molecule has 140 valence electrons. The first-order valence-corrected chi connectivity index (χ1v) is 9.25. The molecule has 8 nitrogen and oxygen atoms in total. The third kappa shape index (κ3) is 2.96. The van der Waals surface area contributed by atoms with Crippen LogP contribution in [0.4, 0.5) is 21.8 Å². The number of amides is 1.